The predicted octanol–water partition coefficient (Wildman–Crippen LogP) is 3.28. The van der Waals surface area contributed by atoms with Gasteiger partial charge in [0.05, 0.1) is 10.3 Å². The lowest BCUT2D eigenvalue weighted by atomic mass is 9.93. The molecule has 76 valence electrons. The molecule has 0 bridgehead atoms. The maximum Gasteiger partial charge on any atom is 0.323 e. The molecule has 0 aromatic rings. The maximum atomic E-state index is 11.0. The minimum absolute atomic E-state index is 0.294. The summed E-state index contributed by atoms with van der Waals surface area (Å²) < 4.78 is 43.7. The molecule has 0 aliphatic carbocycles. The summed E-state index contributed by atoms with van der Waals surface area (Å²) in [6.45, 7) is 6.01. The SMILES string of the molecule is CCC(C)(P(=O)=O)C(C)(C)P(=O)=O. The second-order valence-corrected chi connectivity index (χ2v) is 6.83. The van der Waals surface area contributed by atoms with E-state index in [1.165, 1.54) is 20.8 Å². The van der Waals surface area contributed by atoms with Crippen LogP contribution in [0.4, 0.5) is 0 Å². The van der Waals surface area contributed by atoms with E-state index in [9.17, 15) is 18.3 Å². The normalized spacial score (nSPS) is 16.3. The largest absolute Gasteiger partial charge is 0.323 e. The Labute approximate surface area is 78.7 Å². The summed E-state index contributed by atoms with van der Waals surface area (Å²) in [6.07, 6.45) is 0.294. The smallest absolute Gasteiger partial charge is 0.237 e. The van der Waals surface area contributed by atoms with Gasteiger partial charge >= 0.3 is 15.4 Å². The van der Waals surface area contributed by atoms with Gasteiger partial charge in [0, 0.05) is 0 Å². The van der Waals surface area contributed by atoms with Crippen LogP contribution in [0, 0.1) is 0 Å². The topological polar surface area (TPSA) is 68.3 Å². The van der Waals surface area contributed by atoms with Gasteiger partial charge in [-0.15, -0.1) is 0 Å². The van der Waals surface area contributed by atoms with Crippen LogP contribution < -0.4 is 0 Å². The van der Waals surface area contributed by atoms with Gasteiger partial charge in [-0.25, -0.2) is 18.3 Å². The Balaban J connectivity index is 5.45. The Hall–Kier alpha value is -0.200. The van der Waals surface area contributed by atoms with Crippen molar-refractivity contribution in [2.45, 2.75) is 44.4 Å². The predicted molar refractivity (Wildman–Crippen MR) is 49.4 cm³/mol. The first-order valence-corrected chi connectivity index (χ1v) is 6.34. The summed E-state index contributed by atoms with van der Waals surface area (Å²) in [6, 6.07) is 0. The van der Waals surface area contributed by atoms with Crippen molar-refractivity contribution in [3.05, 3.63) is 0 Å². The van der Waals surface area contributed by atoms with Crippen LogP contribution in [0.15, 0.2) is 0 Å². The molecule has 1 unspecified atom stereocenters. The van der Waals surface area contributed by atoms with E-state index < -0.39 is 25.7 Å². The van der Waals surface area contributed by atoms with Gasteiger partial charge < -0.3 is 0 Å². The van der Waals surface area contributed by atoms with Crippen LogP contribution in [0.25, 0.3) is 0 Å². The number of rotatable bonds is 4. The Bertz CT molecular complexity index is 311. The van der Waals surface area contributed by atoms with Crippen molar-refractivity contribution in [3.63, 3.8) is 0 Å². The third-order valence-electron chi connectivity index (χ3n) is 2.87. The summed E-state index contributed by atoms with van der Waals surface area (Å²) in [7, 11) is -5.50. The van der Waals surface area contributed by atoms with E-state index in [2.05, 4.69) is 0 Å². The zero-order valence-electron chi connectivity index (χ0n) is 8.23. The van der Waals surface area contributed by atoms with Gasteiger partial charge in [0.25, 0.3) is 0 Å². The summed E-state index contributed by atoms with van der Waals surface area (Å²) in [4.78, 5) is 0. The minimum Gasteiger partial charge on any atom is -0.237 e. The van der Waals surface area contributed by atoms with Crippen molar-refractivity contribution in [1.29, 1.82) is 0 Å². The van der Waals surface area contributed by atoms with Crippen molar-refractivity contribution in [2.24, 2.45) is 0 Å². The molecule has 0 aliphatic heterocycles. The standard InChI is InChI=1S/C7H14O4P2/c1-5-7(4,13(10)11)6(2,3)12(8)9/h5H2,1-4H3. The summed E-state index contributed by atoms with van der Waals surface area (Å²) in [5, 5.41) is -2.40. The Morgan fingerprint density at radius 3 is 1.38 bits per heavy atom. The molecular formula is C7H14O4P2. The first-order valence-electron chi connectivity index (χ1n) is 3.99. The molecule has 0 aromatic carbocycles. The highest BCUT2D eigenvalue weighted by Crippen LogP contribution is 2.50. The quantitative estimate of drug-likeness (QED) is 0.687. The third-order valence-corrected chi connectivity index (χ3v) is 6.13. The molecule has 0 spiro atoms. The van der Waals surface area contributed by atoms with E-state index in [-0.39, 0.29) is 0 Å². The van der Waals surface area contributed by atoms with Crippen LogP contribution >= 0.6 is 15.4 Å². The molecule has 6 heteroatoms. The fourth-order valence-electron chi connectivity index (χ4n) is 0.982. The van der Waals surface area contributed by atoms with Gasteiger partial charge in [-0.3, -0.25) is 0 Å². The molecule has 0 rings (SSSR count). The third kappa shape index (κ3) is 2.00. The average molecular weight is 224 g/mol. The maximum absolute atomic E-state index is 11.0. The highest BCUT2D eigenvalue weighted by Gasteiger charge is 2.49. The molecule has 1 atom stereocenters. The molecule has 0 saturated heterocycles. The first kappa shape index (κ1) is 12.8. The molecule has 4 nitrogen and oxygen atoms in total. The fraction of sp³-hybridized carbons (Fsp3) is 1.00. The van der Waals surface area contributed by atoms with E-state index >= 15 is 0 Å². The van der Waals surface area contributed by atoms with Crippen molar-refractivity contribution in [1.82, 2.24) is 0 Å². The average Bonchev–Trinajstić information content (AvgIpc) is 2.01. The Morgan fingerprint density at radius 1 is 0.923 bits per heavy atom. The zero-order chi connectivity index (χ0) is 10.9. The van der Waals surface area contributed by atoms with E-state index in [1.807, 2.05) is 0 Å². The lowest BCUT2D eigenvalue weighted by molar-refractivity contribution is 0.393. The summed E-state index contributed by atoms with van der Waals surface area (Å²) in [5.41, 5.74) is 0. The second-order valence-electron chi connectivity index (χ2n) is 3.70. The molecule has 0 aliphatic rings. The lowest BCUT2D eigenvalue weighted by Gasteiger charge is -2.31. The van der Waals surface area contributed by atoms with Crippen LogP contribution in [0.3, 0.4) is 0 Å². The van der Waals surface area contributed by atoms with Gasteiger partial charge in [0.15, 0.2) is 0 Å². The van der Waals surface area contributed by atoms with Crippen LogP contribution in [-0.2, 0) is 18.3 Å². The van der Waals surface area contributed by atoms with E-state index in [0.717, 1.165) is 0 Å². The Kier molecular flexibility index (Phi) is 3.83. The van der Waals surface area contributed by atoms with E-state index in [1.54, 1.807) is 6.92 Å². The van der Waals surface area contributed by atoms with Crippen LogP contribution in [-0.4, -0.2) is 10.3 Å². The monoisotopic (exact) mass is 224 g/mol. The molecule has 0 N–H and O–H groups in total. The van der Waals surface area contributed by atoms with Crippen LogP contribution in [0.5, 0.6) is 0 Å². The van der Waals surface area contributed by atoms with Crippen molar-refractivity contribution < 1.29 is 18.3 Å². The highest BCUT2D eigenvalue weighted by atomic mass is 31.1. The van der Waals surface area contributed by atoms with Gasteiger partial charge in [0.1, 0.15) is 0 Å². The van der Waals surface area contributed by atoms with Gasteiger partial charge in [0.2, 0.25) is 0 Å². The molecule has 0 radical (unpaired) electrons. The number of hydrogen-bond acceptors (Lipinski definition) is 4. The zero-order valence-corrected chi connectivity index (χ0v) is 10.0. The van der Waals surface area contributed by atoms with Crippen LogP contribution in [0.2, 0.25) is 0 Å². The van der Waals surface area contributed by atoms with Crippen molar-refractivity contribution >= 4 is 15.4 Å². The van der Waals surface area contributed by atoms with E-state index in [0.29, 0.717) is 6.42 Å². The fourth-order valence-corrected chi connectivity index (χ4v) is 2.73. The second kappa shape index (κ2) is 3.89. The van der Waals surface area contributed by atoms with Crippen molar-refractivity contribution in [3.8, 4) is 0 Å². The summed E-state index contributed by atoms with van der Waals surface area (Å²) in [5.74, 6) is 0. The molecule has 0 fully saturated rings. The molecule has 0 aromatic heterocycles. The minimum atomic E-state index is -2.75. The molecule has 0 amide bonds. The molecule has 0 saturated carbocycles. The lowest BCUT2D eigenvalue weighted by Crippen LogP contribution is -2.39. The molecule has 0 heterocycles. The first-order chi connectivity index (χ1) is 5.70. The van der Waals surface area contributed by atoms with Gasteiger partial charge in [-0.2, -0.15) is 0 Å². The Morgan fingerprint density at radius 2 is 1.31 bits per heavy atom. The summed E-state index contributed by atoms with van der Waals surface area (Å²) >= 11 is 0. The highest BCUT2D eigenvalue weighted by molar-refractivity contribution is 7.38. The van der Waals surface area contributed by atoms with Gasteiger partial charge in [-0.05, 0) is 27.2 Å². The van der Waals surface area contributed by atoms with Crippen LogP contribution in [0.1, 0.15) is 34.1 Å². The molecule has 13 heavy (non-hydrogen) atoms. The number of hydrogen-bond donors (Lipinski definition) is 0. The van der Waals surface area contributed by atoms with Crippen molar-refractivity contribution in [2.75, 3.05) is 0 Å². The van der Waals surface area contributed by atoms with E-state index in [4.69, 9.17) is 0 Å². The molecular weight excluding hydrogens is 210 g/mol. The van der Waals surface area contributed by atoms with Gasteiger partial charge in [-0.1, -0.05) is 6.92 Å².